The topological polar surface area (TPSA) is 92.2 Å². The van der Waals surface area contributed by atoms with E-state index in [-0.39, 0.29) is 12.5 Å². The molecule has 4 rings (SSSR count). The number of aliphatic hydroxyl groups excluding tert-OH is 1. The molecule has 0 radical (unpaired) electrons. The molecule has 3 heterocycles. The molecule has 7 nitrogen and oxygen atoms in total. The van der Waals surface area contributed by atoms with Crippen molar-refractivity contribution in [2.24, 2.45) is 7.05 Å². The van der Waals surface area contributed by atoms with Gasteiger partial charge in [-0.1, -0.05) is 0 Å². The van der Waals surface area contributed by atoms with E-state index in [2.05, 4.69) is 19.9 Å². The Morgan fingerprint density at radius 2 is 2.07 bits per heavy atom. The lowest BCUT2D eigenvalue weighted by Crippen LogP contribution is -2.46. The van der Waals surface area contributed by atoms with E-state index < -0.39 is 5.54 Å². The van der Waals surface area contributed by atoms with E-state index in [1.54, 1.807) is 33.2 Å². The highest BCUT2D eigenvalue weighted by molar-refractivity contribution is 6.08. The van der Waals surface area contributed by atoms with E-state index in [1.165, 1.54) is 0 Å². The van der Waals surface area contributed by atoms with Gasteiger partial charge in [0.15, 0.2) is 0 Å². The Morgan fingerprint density at radius 1 is 1.28 bits per heavy atom. The summed E-state index contributed by atoms with van der Waals surface area (Å²) in [5.41, 5.74) is 3.38. The van der Waals surface area contributed by atoms with E-state index in [9.17, 15) is 9.90 Å². The standard InChI is InChI=1S/C22H24N4O3/c1-22(2,12-27)25-21(28)14-7-8-23-20-16(14)10-18(24-20)17-11-26(3)19-6-5-13(29-4)9-15(17)19/h5-11,27H,12H2,1-4H3,(H,23,24)(H,25,28). The van der Waals surface area contributed by atoms with Crippen LogP contribution >= 0.6 is 0 Å². The van der Waals surface area contributed by atoms with Crippen molar-refractivity contribution in [1.82, 2.24) is 19.9 Å². The number of aryl methyl sites for hydroxylation is 1. The molecule has 3 aromatic heterocycles. The Hall–Kier alpha value is -3.32. The van der Waals surface area contributed by atoms with E-state index in [0.717, 1.165) is 33.3 Å². The Balaban J connectivity index is 1.83. The second kappa shape index (κ2) is 6.93. The van der Waals surface area contributed by atoms with Crippen molar-refractivity contribution >= 4 is 27.8 Å². The van der Waals surface area contributed by atoms with E-state index >= 15 is 0 Å². The van der Waals surface area contributed by atoms with Gasteiger partial charge in [0.1, 0.15) is 11.4 Å². The molecule has 0 unspecified atom stereocenters. The Labute approximate surface area is 168 Å². The molecule has 150 valence electrons. The lowest BCUT2D eigenvalue weighted by molar-refractivity contribution is 0.0871. The summed E-state index contributed by atoms with van der Waals surface area (Å²) in [6.45, 7) is 3.40. The summed E-state index contributed by atoms with van der Waals surface area (Å²) >= 11 is 0. The van der Waals surface area contributed by atoms with Gasteiger partial charge < -0.3 is 24.7 Å². The fraction of sp³-hybridized carbons (Fsp3) is 0.273. The van der Waals surface area contributed by atoms with Crippen LogP contribution in [0.1, 0.15) is 24.2 Å². The first-order valence-corrected chi connectivity index (χ1v) is 9.37. The minimum Gasteiger partial charge on any atom is -0.497 e. The van der Waals surface area contributed by atoms with E-state index in [1.807, 2.05) is 37.5 Å². The number of fused-ring (bicyclic) bond motifs is 2. The number of carbonyl (C=O) groups is 1. The number of amides is 1. The molecule has 0 fully saturated rings. The number of pyridine rings is 1. The first-order chi connectivity index (χ1) is 13.8. The van der Waals surface area contributed by atoms with Gasteiger partial charge in [0.05, 0.1) is 24.8 Å². The molecule has 0 atom stereocenters. The van der Waals surface area contributed by atoms with Gasteiger partial charge in [0.2, 0.25) is 0 Å². The van der Waals surface area contributed by atoms with Crippen LogP contribution in [-0.2, 0) is 7.05 Å². The van der Waals surface area contributed by atoms with Crippen molar-refractivity contribution in [3.63, 3.8) is 0 Å². The van der Waals surface area contributed by atoms with E-state index in [0.29, 0.717) is 11.2 Å². The van der Waals surface area contributed by atoms with Crippen LogP contribution in [0.5, 0.6) is 5.75 Å². The van der Waals surface area contributed by atoms with Crippen molar-refractivity contribution < 1.29 is 14.6 Å². The molecule has 4 aromatic rings. The molecule has 29 heavy (non-hydrogen) atoms. The van der Waals surface area contributed by atoms with Crippen LogP contribution in [0.4, 0.5) is 0 Å². The molecule has 0 bridgehead atoms. The van der Waals surface area contributed by atoms with Crippen molar-refractivity contribution in [2.45, 2.75) is 19.4 Å². The summed E-state index contributed by atoms with van der Waals surface area (Å²) in [6, 6.07) is 9.59. The molecule has 0 saturated heterocycles. The van der Waals surface area contributed by atoms with Crippen LogP contribution in [0.25, 0.3) is 33.2 Å². The average molecular weight is 392 g/mol. The molecule has 0 aliphatic rings. The largest absolute Gasteiger partial charge is 0.497 e. The quantitative estimate of drug-likeness (QED) is 0.486. The van der Waals surface area contributed by atoms with Gasteiger partial charge in [-0.2, -0.15) is 0 Å². The third-order valence-electron chi connectivity index (χ3n) is 5.11. The van der Waals surface area contributed by atoms with Crippen molar-refractivity contribution in [3.8, 4) is 17.0 Å². The molecule has 3 N–H and O–H groups in total. The normalized spacial score (nSPS) is 11.9. The molecule has 0 aliphatic carbocycles. The lowest BCUT2D eigenvalue weighted by atomic mass is 10.1. The molecule has 1 amide bonds. The van der Waals surface area contributed by atoms with Crippen molar-refractivity contribution in [1.29, 1.82) is 0 Å². The predicted octanol–water partition coefficient (Wildman–Crippen LogP) is 3.23. The fourth-order valence-corrected chi connectivity index (χ4v) is 3.50. The van der Waals surface area contributed by atoms with Crippen molar-refractivity contribution in [2.75, 3.05) is 13.7 Å². The maximum atomic E-state index is 12.8. The molecular weight excluding hydrogens is 368 g/mol. The minimum absolute atomic E-state index is 0.150. The number of nitrogens with one attached hydrogen (secondary N) is 2. The Morgan fingerprint density at radius 3 is 2.79 bits per heavy atom. The highest BCUT2D eigenvalue weighted by Crippen LogP contribution is 2.34. The van der Waals surface area contributed by atoms with Crippen LogP contribution in [0.2, 0.25) is 0 Å². The number of carbonyl (C=O) groups excluding carboxylic acids is 1. The summed E-state index contributed by atoms with van der Waals surface area (Å²) < 4.78 is 7.44. The number of methoxy groups -OCH3 is 1. The first kappa shape index (κ1) is 19.0. The summed E-state index contributed by atoms with van der Waals surface area (Å²) in [6.07, 6.45) is 3.65. The van der Waals surface area contributed by atoms with Crippen LogP contribution in [0, 0.1) is 0 Å². The zero-order valence-corrected chi connectivity index (χ0v) is 16.9. The average Bonchev–Trinajstić information content (AvgIpc) is 3.28. The van der Waals surface area contributed by atoms with Crippen LogP contribution in [0.15, 0.2) is 42.7 Å². The number of aliphatic hydroxyl groups is 1. The van der Waals surface area contributed by atoms with Gasteiger partial charge in [-0.25, -0.2) is 4.98 Å². The zero-order chi connectivity index (χ0) is 20.8. The number of aromatic nitrogens is 3. The highest BCUT2D eigenvalue weighted by Gasteiger charge is 2.22. The molecule has 0 aliphatic heterocycles. The van der Waals surface area contributed by atoms with Gasteiger partial charge in [-0.05, 0) is 44.2 Å². The maximum Gasteiger partial charge on any atom is 0.252 e. The van der Waals surface area contributed by atoms with Crippen molar-refractivity contribution in [3.05, 3.63) is 48.3 Å². The lowest BCUT2D eigenvalue weighted by Gasteiger charge is -2.23. The second-order valence-corrected chi connectivity index (χ2v) is 7.84. The molecule has 0 saturated carbocycles. The number of benzene rings is 1. The smallest absolute Gasteiger partial charge is 0.252 e. The number of hydrogen-bond acceptors (Lipinski definition) is 4. The Bertz CT molecular complexity index is 1220. The fourth-order valence-electron chi connectivity index (χ4n) is 3.50. The summed E-state index contributed by atoms with van der Waals surface area (Å²) in [4.78, 5) is 20.5. The monoisotopic (exact) mass is 392 g/mol. The van der Waals surface area contributed by atoms with Gasteiger partial charge in [0, 0.05) is 47.0 Å². The zero-order valence-electron chi connectivity index (χ0n) is 16.9. The molecule has 0 spiro atoms. The van der Waals surface area contributed by atoms with E-state index in [4.69, 9.17) is 4.74 Å². The third-order valence-corrected chi connectivity index (χ3v) is 5.11. The number of rotatable bonds is 5. The highest BCUT2D eigenvalue weighted by atomic mass is 16.5. The maximum absolute atomic E-state index is 12.8. The van der Waals surface area contributed by atoms with Gasteiger partial charge in [-0.3, -0.25) is 4.79 Å². The van der Waals surface area contributed by atoms with Gasteiger partial charge in [-0.15, -0.1) is 0 Å². The number of aromatic amines is 1. The predicted molar refractivity (Wildman–Crippen MR) is 113 cm³/mol. The number of H-pyrrole nitrogens is 1. The number of nitrogens with zero attached hydrogens (tertiary/aromatic N) is 2. The van der Waals surface area contributed by atoms with Crippen LogP contribution in [-0.4, -0.2) is 44.8 Å². The number of hydrogen-bond donors (Lipinski definition) is 3. The van der Waals surface area contributed by atoms with Gasteiger partial charge >= 0.3 is 0 Å². The van der Waals surface area contributed by atoms with Gasteiger partial charge in [0.25, 0.3) is 5.91 Å². The molecular formula is C22H24N4O3. The van der Waals surface area contributed by atoms with Crippen LogP contribution < -0.4 is 10.1 Å². The summed E-state index contributed by atoms with van der Waals surface area (Å²) in [5.74, 6) is 0.534. The summed E-state index contributed by atoms with van der Waals surface area (Å²) in [7, 11) is 3.64. The second-order valence-electron chi connectivity index (χ2n) is 7.84. The number of ether oxygens (including phenoxy) is 1. The third kappa shape index (κ3) is 3.34. The summed E-state index contributed by atoms with van der Waals surface area (Å²) in [5, 5.41) is 14.1. The first-order valence-electron chi connectivity index (χ1n) is 9.37. The SMILES string of the molecule is COc1ccc2c(c1)c(-c1cc3c(C(=O)NC(C)(C)CO)ccnc3[nH]1)cn2C. The van der Waals surface area contributed by atoms with Crippen LogP contribution in [0.3, 0.4) is 0 Å². The minimum atomic E-state index is -0.710. The molecule has 7 heteroatoms. The molecule has 1 aromatic carbocycles. The Kier molecular flexibility index (Phi) is 4.55.